The maximum atomic E-state index is 16.3. The van der Waals surface area contributed by atoms with Gasteiger partial charge in [-0.3, -0.25) is 29.3 Å². The van der Waals surface area contributed by atoms with E-state index in [9.17, 15) is 24.0 Å². The molecule has 1 unspecified atom stereocenters. The molecule has 5 heterocycles. The van der Waals surface area contributed by atoms with Crippen LogP contribution in [0, 0.1) is 34.4 Å². The molecule has 1 saturated carbocycles. The molecule has 12 nitrogen and oxygen atoms in total. The van der Waals surface area contributed by atoms with Crippen LogP contribution in [0.5, 0.6) is 5.75 Å². The monoisotopic (exact) mass is 972 g/mol. The van der Waals surface area contributed by atoms with E-state index >= 15 is 4.39 Å². The maximum absolute atomic E-state index is 16.3. The van der Waals surface area contributed by atoms with Crippen molar-refractivity contribution in [1.29, 1.82) is 0 Å². The smallest absolute Gasteiger partial charge is 0.255 e. The highest BCUT2D eigenvalue weighted by molar-refractivity contribution is 6.31. The van der Waals surface area contributed by atoms with Crippen LogP contribution in [-0.2, 0) is 26.3 Å². The van der Waals surface area contributed by atoms with E-state index in [1.807, 2.05) is 35.2 Å². The highest BCUT2D eigenvalue weighted by Gasteiger charge is 2.62. The summed E-state index contributed by atoms with van der Waals surface area (Å²) in [5.74, 6) is 4.54. The summed E-state index contributed by atoms with van der Waals surface area (Å²) in [5.41, 5.74) is 4.09. The van der Waals surface area contributed by atoms with Crippen molar-refractivity contribution < 1.29 is 33.1 Å². The summed E-state index contributed by atoms with van der Waals surface area (Å²) < 4.78 is 22.2. The minimum absolute atomic E-state index is 0.0180. The normalized spacial score (nSPS) is 27.9. The summed E-state index contributed by atoms with van der Waals surface area (Å²) in [4.78, 5) is 70.2. The standard InChI is InChI=1S/C54H55Cl2FN6O6/c1-29-24-53(25-32(53)14-12-30-8-6-9-34-36(30)27-63(51(34)68)41-18-19-44(64)61-48(41)65)20-21-62(29)50(67)31-13-17-39(42(22-31)69-5)59-49(66)47-45(35-10-7-11-38(56)46(35)57)54(43(60-47)26-52(2,3)4)28-58-40-23-33(55)15-16-37(40)54/h6-11,13,15-17,22-23,29,32,41,43,45,47,58,60H,18-21,24-28H2,1-5H3,(H,59,66)(H,61,64,65)/t29-,32+,41-,43+,45+,47-,53?,54+/m1/s1. The molecule has 10 rings (SSSR count). The molecular weight excluding hydrogens is 919 g/mol. The van der Waals surface area contributed by atoms with Crippen LogP contribution in [0.15, 0.2) is 72.8 Å². The lowest BCUT2D eigenvalue weighted by atomic mass is 9.63. The third-order valence-corrected chi connectivity index (χ3v) is 16.1. The molecule has 15 heteroatoms. The molecule has 69 heavy (non-hydrogen) atoms. The van der Waals surface area contributed by atoms with Gasteiger partial charge < -0.3 is 30.5 Å². The number of hydrogen-bond donors (Lipinski definition) is 4. The molecule has 358 valence electrons. The summed E-state index contributed by atoms with van der Waals surface area (Å²) in [6, 6.07) is 19.2. The lowest BCUT2D eigenvalue weighted by molar-refractivity contribution is -0.137. The van der Waals surface area contributed by atoms with E-state index < -0.39 is 35.1 Å². The Morgan fingerprint density at radius 1 is 1.01 bits per heavy atom. The fourth-order valence-electron chi connectivity index (χ4n) is 12.2. The topological polar surface area (TPSA) is 149 Å². The number of benzene rings is 4. The van der Waals surface area contributed by atoms with Gasteiger partial charge in [0.05, 0.1) is 23.9 Å². The van der Waals surface area contributed by atoms with Crippen LogP contribution in [0.2, 0.25) is 10.0 Å². The molecule has 5 amide bonds. The molecule has 2 spiro atoms. The Kier molecular flexibility index (Phi) is 11.8. The van der Waals surface area contributed by atoms with E-state index in [2.05, 4.69) is 60.8 Å². The average Bonchev–Trinajstić information content (AvgIpc) is 3.51. The van der Waals surface area contributed by atoms with Crippen LogP contribution >= 0.6 is 23.2 Å². The van der Waals surface area contributed by atoms with Crippen molar-refractivity contribution in [2.45, 2.75) is 108 Å². The number of methoxy groups -OCH3 is 1. The first-order valence-electron chi connectivity index (χ1n) is 23.7. The number of fused-ring (bicyclic) bond motifs is 3. The Bertz CT molecular complexity index is 2910. The Hall–Kier alpha value is -5.94. The van der Waals surface area contributed by atoms with Crippen molar-refractivity contribution in [3.63, 3.8) is 0 Å². The molecule has 4 aromatic rings. The largest absolute Gasteiger partial charge is 0.495 e. The van der Waals surface area contributed by atoms with Crippen molar-refractivity contribution in [2.24, 2.45) is 16.7 Å². The molecule has 1 aliphatic carbocycles. The molecule has 0 radical (unpaired) electrons. The fourth-order valence-corrected chi connectivity index (χ4v) is 12.5. The highest BCUT2D eigenvalue weighted by Crippen LogP contribution is 2.61. The Balaban J connectivity index is 0.843. The number of ether oxygens (including phenoxy) is 1. The van der Waals surface area contributed by atoms with Crippen molar-refractivity contribution in [3.05, 3.63) is 122 Å². The Labute approximate surface area is 411 Å². The van der Waals surface area contributed by atoms with Crippen LogP contribution < -0.4 is 26.0 Å². The van der Waals surface area contributed by atoms with Crippen LogP contribution in [0.4, 0.5) is 15.8 Å². The molecule has 6 aliphatic rings. The Morgan fingerprint density at radius 2 is 1.81 bits per heavy atom. The second kappa shape index (κ2) is 17.5. The first kappa shape index (κ1) is 46.8. The summed E-state index contributed by atoms with van der Waals surface area (Å²) >= 11 is 12.9. The maximum Gasteiger partial charge on any atom is 0.255 e. The van der Waals surface area contributed by atoms with Gasteiger partial charge in [-0.1, -0.05) is 80.1 Å². The third kappa shape index (κ3) is 8.22. The van der Waals surface area contributed by atoms with E-state index in [1.165, 1.54) is 13.2 Å². The molecule has 5 aliphatic heterocycles. The number of amides is 5. The first-order valence-corrected chi connectivity index (χ1v) is 24.5. The lowest BCUT2D eigenvalue weighted by Crippen LogP contribution is -2.52. The number of hydrogen-bond acceptors (Lipinski definition) is 8. The Morgan fingerprint density at radius 3 is 2.57 bits per heavy atom. The second-order valence-corrected chi connectivity index (χ2v) is 21.8. The number of carbonyl (C=O) groups is 5. The minimum Gasteiger partial charge on any atom is -0.495 e. The number of rotatable bonds is 7. The quantitative estimate of drug-likeness (QED) is 0.107. The fraction of sp³-hybridized carbons (Fsp3) is 0.426. The third-order valence-electron chi connectivity index (χ3n) is 15.6. The van der Waals surface area contributed by atoms with Crippen LogP contribution in [0.1, 0.15) is 115 Å². The molecule has 4 N–H and O–H groups in total. The highest BCUT2D eigenvalue weighted by atomic mass is 35.5. The van der Waals surface area contributed by atoms with Gasteiger partial charge in [-0.25, -0.2) is 4.39 Å². The van der Waals surface area contributed by atoms with E-state index in [0.29, 0.717) is 59.1 Å². The van der Waals surface area contributed by atoms with Gasteiger partial charge in [0.1, 0.15) is 17.6 Å². The second-order valence-electron chi connectivity index (χ2n) is 21.0. The molecule has 0 bridgehead atoms. The summed E-state index contributed by atoms with van der Waals surface area (Å²) in [5, 5.41) is 13.2. The van der Waals surface area contributed by atoms with Gasteiger partial charge in [0.25, 0.3) is 11.8 Å². The first-order chi connectivity index (χ1) is 32.9. The number of nitrogens with one attached hydrogen (secondary N) is 4. The van der Waals surface area contributed by atoms with Crippen LogP contribution in [-0.4, -0.2) is 83.7 Å². The SMILES string of the molecule is COc1cc(C(=O)N2CCC3(C[C@H]2C)C[C@@H]3C#Cc2cccc3c2CN([C@@H]2CCC(=O)NC2=O)C3=O)ccc1NC(=O)[C@@H]1N[C@@H](CC(C)(C)C)[C@@]2(CNc3cc(Cl)ccc32)[C@H]1c1cccc(Cl)c1F. The van der Waals surface area contributed by atoms with E-state index in [4.69, 9.17) is 27.9 Å². The van der Waals surface area contributed by atoms with Gasteiger partial charge >= 0.3 is 0 Å². The predicted molar refractivity (Wildman–Crippen MR) is 262 cm³/mol. The molecule has 4 aromatic carbocycles. The van der Waals surface area contributed by atoms with Crippen molar-refractivity contribution >= 4 is 64.1 Å². The zero-order chi connectivity index (χ0) is 48.7. The van der Waals surface area contributed by atoms with Gasteiger partial charge in [-0.15, -0.1) is 0 Å². The number of halogens is 3. The molecule has 8 atom stereocenters. The van der Waals surface area contributed by atoms with Crippen LogP contribution in [0.3, 0.4) is 0 Å². The van der Waals surface area contributed by atoms with E-state index in [0.717, 1.165) is 41.6 Å². The minimum atomic E-state index is -0.898. The van der Waals surface area contributed by atoms with Crippen molar-refractivity contribution in [2.75, 3.05) is 30.8 Å². The zero-order valence-corrected chi connectivity index (χ0v) is 40.7. The lowest BCUT2D eigenvalue weighted by Gasteiger charge is -2.39. The van der Waals surface area contributed by atoms with Gasteiger partial charge in [0, 0.05) is 82.8 Å². The number of imide groups is 1. The zero-order valence-electron chi connectivity index (χ0n) is 39.2. The molecule has 0 aromatic heterocycles. The molecular formula is C54H55Cl2FN6O6. The number of anilines is 2. The van der Waals surface area contributed by atoms with E-state index in [-0.39, 0.29) is 70.4 Å². The van der Waals surface area contributed by atoms with Gasteiger partial charge in [0.15, 0.2) is 0 Å². The van der Waals surface area contributed by atoms with Crippen molar-refractivity contribution in [1.82, 2.24) is 20.4 Å². The summed E-state index contributed by atoms with van der Waals surface area (Å²) in [6.45, 7) is 9.76. The predicted octanol–water partition coefficient (Wildman–Crippen LogP) is 8.45. The van der Waals surface area contributed by atoms with Gasteiger partial charge in [-0.05, 0) is 115 Å². The summed E-state index contributed by atoms with van der Waals surface area (Å²) in [6.07, 6.45) is 3.65. The van der Waals surface area contributed by atoms with Crippen molar-refractivity contribution in [3.8, 4) is 17.6 Å². The van der Waals surface area contributed by atoms with E-state index in [1.54, 1.807) is 41.3 Å². The molecule has 4 fully saturated rings. The number of likely N-dealkylation sites (tertiary alicyclic amines) is 1. The van der Waals surface area contributed by atoms with Crippen LogP contribution in [0.25, 0.3) is 0 Å². The average molecular weight is 974 g/mol. The van der Waals surface area contributed by atoms with Gasteiger partial charge in [0.2, 0.25) is 17.7 Å². The number of nitrogens with zero attached hydrogens (tertiary/aromatic N) is 2. The van der Waals surface area contributed by atoms with Gasteiger partial charge in [-0.2, -0.15) is 0 Å². The number of carbonyl (C=O) groups excluding carboxylic acids is 5. The number of piperidine rings is 2. The summed E-state index contributed by atoms with van der Waals surface area (Å²) in [7, 11) is 1.50. The molecule has 3 saturated heterocycles.